The van der Waals surface area contributed by atoms with Gasteiger partial charge in [-0.05, 0) is 24.3 Å². The molecule has 0 aliphatic rings. The number of hydrogen-bond acceptors (Lipinski definition) is 4. The summed E-state index contributed by atoms with van der Waals surface area (Å²) >= 11 is 8.84. The molecular formula is C14H8BrClFNO4. The molecule has 0 aliphatic heterocycles. The monoisotopic (exact) mass is 387 g/mol. The van der Waals surface area contributed by atoms with E-state index in [1.165, 1.54) is 18.2 Å². The van der Waals surface area contributed by atoms with E-state index in [2.05, 4.69) is 15.9 Å². The van der Waals surface area contributed by atoms with Crippen LogP contribution in [-0.4, -0.2) is 10.9 Å². The number of nitrogens with zero attached hydrogens (tertiary/aromatic N) is 1. The van der Waals surface area contributed by atoms with Gasteiger partial charge in [0, 0.05) is 21.1 Å². The van der Waals surface area contributed by atoms with Crippen LogP contribution in [0, 0.1) is 15.9 Å². The first-order valence-electron chi connectivity index (χ1n) is 5.93. The van der Waals surface area contributed by atoms with Crippen molar-refractivity contribution in [2.45, 2.75) is 6.61 Å². The summed E-state index contributed by atoms with van der Waals surface area (Å²) in [6, 6.07) is 7.81. The first kappa shape index (κ1) is 16.4. The highest BCUT2D eigenvalue weighted by Crippen LogP contribution is 2.24. The Labute approximate surface area is 137 Å². The van der Waals surface area contributed by atoms with Crippen molar-refractivity contribution in [1.29, 1.82) is 0 Å². The van der Waals surface area contributed by atoms with Crippen molar-refractivity contribution < 1.29 is 18.8 Å². The molecule has 2 rings (SSSR count). The molecule has 0 unspecified atom stereocenters. The molecule has 0 aromatic heterocycles. The number of rotatable bonds is 4. The maximum atomic E-state index is 13.6. The Morgan fingerprint density at radius 1 is 1.32 bits per heavy atom. The molecule has 22 heavy (non-hydrogen) atoms. The van der Waals surface area contributed by atoms with Crippen LogP contribution in [-0.2, 0) is 11.3 Å². The first-order chi connectivity index (χ1) is 10.4. The van der Waals surface area contributed by atoms with Gasteiger partial charge < -0.3 is 4.74 Å². The number of carbonyl (C=O) groups excluding carboxylic acids is 1. The number of nitro groups is 1. The van der Waals surface area contributed by atoms with Gasteiger partial charge in [-0.3, -0.25) is 10.1 Å². The van der Waals surface area contributed by atoms with E-state index in [9.17, 15) is 19.3 Å². The van der Waals surface area contributed by atoms with Crippen molar-refractivity contribution in [2.75, 3.05) is 0 Å². The molecule has 0 bridgehead atoms. The highest BCUT2D eigenvalue weighted by atomic mass is 79.9. The van der Waals surface area contributed by atoms with E-state index in [4.69, 9.17) is 16.3 Å². The quantitative estimate of drug-likeness (QED) is 0.439. The molecule has 0 saturated heterocycles. The smallest absolute Gasteiger partial charge is 0.345 e. The molecule has 0 saturated carbocycles. The average Bonchev–Trinajstić information content (AvgIpc) is 2.45. The number of benzene rings is 2. The van der Waals surface area contributed by atoms with E-state index < -0.39 is 22.4 Å². The van der Waals surface area contributed by atoms with Crippen molar-refractivity contribution in [3.63, 3.8) is 0 Å². The summed E-state index contributed by atoms with van der Waals surface area (Å²) in [7, 11) is 0. The van der Waals surface area contributed by atoms with Gasteiger partial charge in [0.1, 0.15) is 18.0 Å². The van der Waals surface area contributed by atoms with Crippen LogP contribution in [0.15, 0.2) is 40.9 Å². The Kier molecular flexibility index (Phi) is 5.10. The summed E-state index contributed by atoms with van der Waals surface area (Å²) in [5.74, 6) is -1.50. The van der Waals surface area contributed by atoms with Crippen molar-refractivity contribution in [3.8, 4) is 0 Å². The predicted octanol–water partition coefficient (Wildman–Crippen LogP) is 4.51. The van der Waals surface area contributed by atoms with E-state index in [0.717, 1.165) is 12.1 Å². The van der Waals surface area contributed by atoms with Crippen molar-refractivity contribution in [3.05, 3.63) is 73.0 Å². The molecule has 8 heteroatoms. The van der Waals surface area contributed by atoms with Gasteiger partial charge >= 0.3 is 5.97 Å². The van der Waals surface area contributed by atoms with Crippen LogP contribution in [0.2, 0.25) is 5.02 Å². The SMILES string of the molecule is O=C(OCc1ccc(Br)cc1F)c1cc(Cl)ccc1[N+](=O)[O-]. The van der Waals surface area contributed by atoms with Crippen LogP contribution in [0.25, 0.3) is 0 Å². The molecule has 0 spiro atoms. The molecule has 5 nitrogen and oxygen atoms in total. The third-order valence-corrected chi connectivity index (χ3v) is 3.48. The zero-order chi connectivity index (χ0) is 16.3. The second-order valence-corrected chi connectivity index (χ2v) is 5.58. The van der Waals surface area contributed by atoms with Gasteiger partial charge in [-0.15, -0.1) is 0 Å². The van der Waals surface area contributed by atoms with Gasteiger partial charge in [0.25, 0.3) is 5.69 Å². The van der Waals surface area contributed by atoms with Gasteiger partial charge in [0.15, 0.2) is 0 Å². The molecule has 0 radical (unpaired) electrons. The van der Waals surface area contributed by atoms with E-state index in [1.807, 2.05) is 0 Å². The Balaban J connectivity index is 2.19. The summed E-state index contributed by atoms with van der Waals surface area (Å²) in [6.07, 6.45) is 0. The lowest BCUT2D eigenvalue weighted by Crippen LogP contribution is -2.09. The lowest BCUT2D eigenvalue weighted by molar-refractivity contribution is -0.385. The van der Waals surface area contributed by atoms with E-state index in [1.54, 1.807) is 6.07 Å². The maximum absolute atomic E-state index is 13.6. The fourth-order valence-electron chi connectivity index (χ4n) is 1.69. The Morgan fingerprint density at radius 3 is 2.68 bits per heavy atom. The van der Waals surface area contributed by atoms with Crippen LogP contribution >= 0.6 is 27.5 Å². The average molecular weight is 389 g/mol. The fourth-order valence-corrected chi connectivity index (χ4v) is 2.20. The van der Waals surface area contributed by atoms with Gasteiger partial charge in [-0.1, -0.05) is 33.6 Å². The standard InChI is InChI=1S/C14H8BrClFNO4/c15-9-2-1-8(12(17)5-9)7-22-14(19)11-6-10(16)3-4-13(11)18(20)21/h1-6H,7H2. The molecule has 0 atom stereocenters. The summed E-state index contributed by atoms with van der Waals surface area (Å²) in [5.41, 5.74) is -0.554. The third kappa shape index (κ3) is 3.80. The van der Waals surface area contributed by atoms with Crippen LogP contribution in [0.1, 0.15) is 15.9 Å². The van der Waals surface area contributed by atoms with Crippen molar-refractivity contribution in [1.82, 2.24) is 0 Å². The minimum Gasteiger partial charge on any atom is -0.457 e. The number of halogens is 3. The van der Waals surface area contributed by atoms with Crippen LogP contribution in [0.5, 0.6) is 0 Å². The van der Waals surface area contributed by atoms with Crippen LogP contribution in [0.4, 0.5) is 10.1 Å². The molecular weight excluding hydrogens is 381 g/mol. The number of esters is 1. The summed E-state index contributed by atoms with van der Waals surface area (Å²) in [5, 5.41) is 11.1. The zero-order valence-electron chi connectivity index (χ0n) is 10.9. The lowest BCUT2D eigenvalue weighted by atomic mass is 10.2. The predicted molar refractivity (Wildman–Crippen MR) is 81.3 cm³/mol. The number of ether oxygens (including phenoxy) is 1. The number of carbonyl (C=O) groups is 1. The molecule has 0 amide bonds. The Hall–Kier alpha value is -1.99. The third-order valence-electron chi connectivity index (χ3n) is 2.75. The topological polar surface area (TPSA) is 69.4 Å². The number of nitro benzene ring substituents is 1. The summed E-state index contributed by atoms with van der Waals surface area (Å²) in [4.78, 5) is 22.1. The second-order valence-electron chi connectivity index (χ2n) is 4.23. The Morgan fingerprint density at radius 2 is 2.05 bits per heavy atom. The van der Waals surface area contributed by atoms with Gasteiger partial charge in [-0.25, -0.2) is 9.18 Å². The molecule has 0 aliphatic carbocycles. The van der Waals surface area contributed by atoms with Crippen molar-refractivity contribution >= 4 is 39.2 Å². The fraction of sp³-hybridized carbons (Fsp3) is 0.0714. The molecule has 0 N–H and O–H groups in total. The number of hydrogen-bond donors (Lipinski definition) is 0. The largest absolute Gasteiger partial charge is 0.457 e. The molecule has 0 heterocycles. The van der Waals surface area contributed by atoms with E-state index in [-0.39, 0.29) is 22.8 Å². The molecule has 114 valence electrons. The normalized spacial score (nSPS) is 10.3. The first-order valence-corrected chi connectivity index (χ1v) is 7.10. The zero-order valence-corrected chi connectivity index (χ0v) is 13.2. The van der Waals surface area contributed by atoms with Crippen molar-refractivity contribution in [2.24, 2.45) is 0 Å². The molecule has 2 aromatic rings. The minimum absolute atomic E-state index is 0.154. The van der Waals surface area contributed by atoms with Gasteiger partial charge in [-0.2, -0.15) is 0 Å². The summed E-state index contributed by atoms with van der Waals surface area (Å²) in [6.45, 7) is -0.346. The van der Waals surface area contributed by atoms with Gasteiger partial charge in [0.2, 0.25) is 0 Å². The van der Waals surface area contributed by atoms with E-state index >= 15 is 0 Å². The second kappa shape index (κ2) is 6.85. The Bertz CT molecular complexity index is 754. The van der Waals surface area contributed by atoms with E-state index in [0.29, 0.717) is 4.47 Å². The minimum atomic E-state index is -0.948. The molecule has 2 aromatic carbocycles. The maximum Gasteiger partial charge on any atom is 0.345 e. The summed E-state index contributed by atoms with van der Waals surface area (Å²) < 4.78 is 19.1. The van der Waals surface area contributed by atoms with Crippen LogP contribution < -0.4 is 0 Å². The highest BCUT2D eigenvalue weighted by molar-refractivity contribution is 9.10. The molecule has 0 fully saturated rings. The highest BCUT2D eigenvalue weighted by Gasteiger charge is 2.22. The van der Waals surface area contributed by atoms with Gasteiger partial charge in [0.05, 0.1) is 4.92 Å². The lowest BCUT2D eigenvalue weighted by Gasteiger charge is -2.07. The van der Waals surface area contributed by atoms with Crippen LogP contribution in [0.3, 0.4) is 0 Å².